The maximum atomic E-state index is 13.7. The van der Waals surface area contributed by atoms with E-state index in [4.69, 9.17) is 4.98 Å². The minimum absolute atomic E-state index is 0.0899. The lowest BCUT2D eigenvalue weighted by molar-refractivity contribution is -0.122. The molecule has 1 aliphatic heterocycles. The molecule has 38 heavy (non-hydrogen) atoms. The SMILES string of the molecule is Cc1ccc(S(=O)(=O)N(C2CC(=O)N(c3ccc(-c4nc5ccc(C)cc5s4)cc3)C2=O)C(C)(C)C)cc1. The Balaban J connectivity index is 1.45. The van der Waals surface area contributed by atoms with E-state index in [1.807, 2.05) is 38.1 Å². The van der Waals surface area contributed by atoms with Gasteiger partial charge in [-0.1, -0.05) is 23.8 Å². The molecular formula is C29H29N3O4S2. The number of amides is 2. The highest BCUT2D eigenvalue weighted by Gasteiger charge is 2.50. The third kappa shape index (κ3) is 4.66. The van der Waals surface area contributed by atoms with Gasteiger partial charge < -0.3 is 0 Å². The molecule has 2 amide bonds. The first-order valence-electron chi connectivity index (χ1n) is 12.3. The van der Waals surface area contributed by atoms with Crippen molar-refractivity contribution in [2.24, 2.45) is 0 Å². The molecule has 196 valence electrons. The average molecular weight is 548 g/mol. The Morgan fingerprint density at radius 2 is 1.55 bits per heavy atom. The van der Waals surface area contributed by atoms with Crippen LogP contribution in [-0.2, 0) is 19.6 Å². The summed E-state index contributed by atoms with van der Waals surface area (Å²) in [5.41, 5.74) is 3.36. The van der Waals surface area contributed by atoms with Gasteiger partial charge in [0.05, 0.1) is 27.2 Å². The van der Waals surface area contributed by atoms with Gasteiger partial charge in [0.25, 0.3) is 5.91 Å². The van der Waals surface area contributed by atoms with E-state index < -0.39 is 33.4 Å². The summed E-state index contributed by atoms with van der Waals surface area (Å²) < 4.78 is 29.7. The Morgan fingerprint density at radius 1 is 0.921 bits per heavy atom. The van der Waals surface area contributed by atoms with Gasteiger partial charge >= 0.3 is 0 Å². The number of aromatic nitrogens is 1. The minimum atomic E-state index is -4.05. The van der Waals surface area contributed by atoms with Crippen LogP contribution in [0.1, 0.15) is 38.3 Å². The van der Waals surface area contributed by atoms with Crippen molar-refractivity contribution in [2.45, 2.75) is 57.5 Å². The van der Waals surface area contributed by atoms with E-state index in [-0.39, 0.29) is 11.3 Å². The van der Waals surface area contributed by atoms with Crippen molar-refractivity contribution in [3.63, 3.8) is 0 Å². The lowest BCUT2D eigenvalue weighted by atomic mass is 10.1. The molecule has 2 heterocycles. The second kappa shape index (κ2) is 9.41. The average Bonchev–Trinajstić information content (AvgIpc) is 3.38. The van der Waals surface area contributed by atoms with Crippen LogP contribution >= 0.6 is 11.3 Å². The fourth-order valence-corrected chi connectivity index (χ4v) is 7.80. The predicted octanol–water partition coefficient (Wildman–Crippen LogP) is 5.70. The smallest absolute Gasteiger partial charge is 0.252 e. The number of hydrogen-bond acceptors (Lipinski definition) is 6. The van der Waals surface area contributed by atoms with Gasteiger partial charge in [-0.15, -0.1) is 11.3 Å². The number of nitrogens with zero attached hydrogens (tertiary/aromatic N) is 3. The van der Waals surface area contributed by atoms with E-state index in [1.165, 1.54) is 16.4 Å². The van der Waals surface area contributed by atoms with Gasteiger partial charge in [0, 0.05) is 11.1 Å². The van der Waals surface area contributed by atoms with E-state index >= 15 is 0 Å². The molecule has 1 saturated heterocycles. The zero-order valence-corrected chi connectivity index (χ0v) is 23.6. The van der Waals surface area contributed by atoms with E-state index in [0.29, 0.717) is 5.69 Å². The molecule has 9 heteroatoms. The molecule has 1 atom stereocenters. The summed E-state index contributed by atoms with van der Waals surface area (Å²) in [7, 11) is -4.05. The summed E-state index contributed by atoms with van der Waals surface area (Å²) in [5.74, 6) is -0.986. The van der Waals surface area contributed by atoms with Crippen LogP contribution in [0.2, 0.25) is 0 Å². The predicted molar refractivity (Wildman–Crippen MR) is 151 cm³/mol. The van der Waals surface area contributed by atoms with Crippen molar-refractivity contribution >= 4 is 49.1 Å². The fraction of sp³-hybridized carbons (Fsp3) is 0.276. The lowest BCUT2D eigenvalue weighted by Gasteiger charge is -2.37. The molecule has 0 aliphatic carbocycles. The van der Waals surface area contributed by atoms with E-state index in [1.54, 1.807) is 56.4 Å². The van der Waals surface area contributed by atoms with Crippen LogP contribution in [0.15, 0.2) is 71.6 Å². The maximum Gasteiger partial charge on any atom is 0.252 e. The van der Waals surface area contributed by atoms with Crippen LogP contribution in [0.5, 0.6) is 0 Å². The molecule has 3 aromatic carbocycles. The summed E-state index contributed by atoms with van der Waals surface area (Å²) in [4.78, 5) is 32.6. The second-order valence-electron chi connectivity index (χ2n) is 10.6. The summed E-state index contributed by atoms with van der Waals surface area (Å²) in [6.07, 6.45) is -0.222. The monoisotopic (exact) mass is 547 g/mol. The number of imide groups is 1. The van der Waals surface area contributed by atoms with Crippen LogP contribution in [0.4, 0.5) is 5.69 Å². The van der Waals surface area contributed by atoms with Crippen LogP contribution in [0.25, 0.3) is 20.8 Å². The first-order valence-corrected chi connectivity index (χ1v) is 14.6. The number of carbonyl (C=O) groups is 2. The molecule has 0 radical (unpaired) electrons. The van der Waals surface area contributed by atoms with Gasteiger partial charge in [0.2, 0.25) is 15.9 Å². The number of fused-ring (bicyclic) bond motifs is 1. The van der Waals surface area contributed by atoms with E-state index in [0.717, 1.165) is 36.8 Å². The standard InChI is InChI=1S/C29H29N3O4S2/c1-18-6-13-22(14-7-18)38(35,36)32(29(3,4)5)24-17-26(33)31(28(24)34)21-11-9-20(10-12-21)27-30-23-15-8-19(2)16-25(23)37-27/h6-16,24H,17H2,1-5H3. The van der Waals surface area contributed by atoms with Crippen molar-refractivity contribution in [1.82, 2.24) is 9.29 Å². The third-order valence-corrected chi connectivity index (χ3v) is 9.82. The number of carbonyl (C=O) groups excluding carboxylic acids is 2. The van der Waals surface area contributed by atoms with E-state index in [9.17, 15) is 18.0 Å². The highest BCUT2D eigenvalue weighted by Crippen LogP contribution is 2.36. The Hall–Kier alpha value is -3.40. The largest absolute Gasteiger partial charge is 0.274 e. The fourth-order valence-electron chi connectivity index (χ4n) is 4.80. The number of anilines is 1. The van der Waals surface area contributed by atoms with Crippen molar-refractivity contribution in [3.8, 4) is 10.6 Å². The molecule has 5 rings (SSSR count). The van der Waals surface area contributed by atoms with Crippen molar-refractivity contribution in [2.75, 3.05) is 4.90 Å². The van der Waals surface area contributed by atoms with E-state index in [2.05, 4.69) is 6.07 Å². The van der Waals surface area contributed by atoms with Gasteiger partial charge in [-0.25, -0.2) is 18.3 Å². The Labute approximate surface area is 226 Å². The molecule has 1 fully saturated rings. The molecule has 0 spiro atoms. The quantitative estimate of drug-likeness (QED) is 0.299. The highest BCUT2D eigenvalue weighted by atomic mass is 32.2. The molecule has 0 saturated carbocycles. The number of thiazole rings is 1. The zero-order chi connectivity index (χ0) is 27.4. The topological polar surface area (TPSA) is 87.7 Å². The van der Waals surface area contributed by atoms with Crippen molar-refractivity contribution in [3.05, 3.63) is 77.9 Å². The minimum Gasteiger partial charge on any atom is -0.274 e. The molecule has 0 N–H and O–H groups in total. The van der Waals surface area contributed by atoms with Gasteiger partial charge in [0.15, 0.2) is 0 Å². The summed E-state index contributed by atoms with van der Waals surface area (Å²) in [5, 5.41) is 0.845. The number of aryl methyl sites for hydroxylation is 2. The maximum absolute atomic E-state index is 13.7. The molecular weight excluding hydrogens is 518 g/mol. The van der Waals surface area contributed by atoms with Gasteiger partial charge in [-0.3, -0.25) is 9.59 Å². The molecule has 1 unspecified atom stereocenters. The van der Waals surface area contributed by atoms with Gasteiger partial charge in [0.1, 0.15) is 11.0 Å². The summed E-state index contributed by atoms with van der Waals surface area (Å²) >= 11 is 1.58. The Bertz CT molecular complexity index is 1650. The Morgan fingerprint density at radius 3 is 2.18 bits per heavy atom. The Kier molecular flexibility index (Phi) is 6.49. The van der Waals surface area contributed by atoms with Crippen molar-refractivity contribution < 1.29 is 18.0 Å². The van der Waals surface area contributed by atoms with Crippen LogP contribution in [0, 0.1) is 13.8 Å². The summed E-state index contributed by atoms with van der Waals surface area (Å²) in [6, 6.07) is 18.6. The van der Waals surface area contributed by atoms with Crippen LogP contribution < -0.4 is 4.90 Å². The third-order valence-electron chi connectivity index (χ3n) is 6.56. The van der Waals surface area contributed by atoms with Crippen LogP contribution in [0.3, 0.4) is 0 Å². The number of sulfonamides is 1. The molecule has 4 aromatic rings. The molecule has 0 bridgehead atoms. The van der Waals surface area contributed by atoms with Gasteiger partial charge in [-0.05, 0) is 88.7 Å². The molecule has 1 aliphatic rings. The van der Waals surface area contributed by atoms with Crippen molar-refractivity contribution in [1.29, 1.82) is 0 Å². The highest BCUT2D eigenvalue weighted by molar-refractivity contribution is 7.89. The first-order chi connectivity index (χ1) is 17.9. The molecule has 7 nitrogen and oxygen atoms in total. The van der Waals surface area contributed by atoms with Gasteiger partial charge in [-0.2, -0.15) is 4.31 Å². The zero-order valence-electron chi connectivity index (χ0n) is 21.9. The number of hydrogen-bond donors (Lipinski definition) is 0. The normalized spacial score (nSPS) is 16.7. The summed E-state index contributed by atoms with van der Waals surface area (Å²) in [6.45, 7) is 9.10. The first kappa shape index (κ1) is 26.2. The lowest BCUT2D eigenvalue weighted by Crippen LogP contribution is -2.54. The second-order valence-corrected chi connectivity index (χ2v) is 13.5. The number of rotatable bonds is 5. The number of benzene rings is 3. The molecule has 1 aromatic heterocycles. The van der Waals surface area contributed by atoms with Crippen LogP contribution in [-0.4, -0.2) is 41.1 Å².